The molecule has 15 nitrogen and oxygen atoms in total. The molecule has 6 aromatic rings. The first-order valence-electron chi connectivity index (χ1n) is 26.0. The second kappa shape index (κ2) is 26.1. The van der Waals surface area contributed by atoms with Gasteiger partial charge in [0.15, 0.2) is 34.8 Å². The molecule has 20 heteroatoms. The number of carbonyl (C=O) groups is 2. The van der Waals surface area contributed by atoms with Crippen molar-refractivity contribution >= 4 is 35.7 Å². The number of fused-ring (bicyclic) bond motifs is 4. The number of nitrogens with one attached hydrogen (secondary N) is 1. The third-order valence-electron chi connectivity index (χ3n) is 13.6. The highest BCUT2D eigenvalue weighted by atomic mass is 35.5. The topological polar surface area (TPSA) is 153 Å². The van der Waals surface area contributed by atoms with E-state index in [1.807, 2.05) is 62.6 Å². The van der Waals surface area contributed by atoms with Crippen LogP contribution in [0.2, 0.25) is 0 Å². The Balaban J connectivity index is 0.000000201. The Kier molecular flexibility index (Phi) is 19.7. The largest absolute Gasteiger partial charge is 0.486 e. The van der Waals surface area contributed by atoms with Crippen LogP contribution in [0.1, 0.15) is 72.7 Å². The molecular weight excluding hydrogens is 1030 g/mol. The van der Waals surface area contributed by atoms with Crippen molar-refractivity contribution in [3.05, 3.63) is 141 Å². The Morgan fingerprint density at radius 1 is 0.641 bits per heavy atom. The molecule has 4 aromatic carbocycles. The van der Waals surface area contributed by atoms with E-state index < -0.39 is 29.2 Å². The minimum absolute atomic E-state index is 0. The van der Waals surface area contributed by atoms with Gasteiger partial charge in [-0.1, -0.05) is 36.4 Å². The molecule has 4 aliphatic rings. The zero-order valence-electron chi connectivity index (χ0n) is 45.5. The van der Waals surface area contributed by atoms with Gasteiger partial charge >= 0.3 is 5.97 Å². The van der Waals surface area contributed by atoms with Gasteiger partial charge < -0.3 is 39.5 Å². The summed E-state index contributed by atoms with van der Waals surface area (Å²) < 4.78 is 70.7. The summed E-state index contributed by atoms with van der Waals surface area (Å²) in [7, 11) is 7.21. The fraction of sp³-hybridized carbons (Fsp3) is 0.414. The van der Waals surface area contributed by atoms with E-state index in [4.69, 9.17) is 14.6 Å². The Hall–Kier alpha value is -6.93. The average molecular weight is 1100 g/mol. The number of halogens is 5. The van der Waals surface area contributed by atoms with E-state index in [1.165, 1.54) is 35.0 Å². The number of anilines is 2. The summed E-state index contributed by atoms with van der Waals surface area (Å²) in [5.74, 6) is -1.57. The summed E-state index contributed by atoms with van der Waals surface area (Å²) in [6, 6.07) is 18.9. The average Bonchev–Trinajstić information content (AvgIpc) is 3.43. The number of carboxylic acid groups (broad SMARTS) is 1. The summed E-state index contributed by atoms with van der Waals surface area (Å²) in [5.41, 5.74) is 9.13. The van der Waals surface area contributed by atoms with Gasteiger partial charge in [0, 0.05) is 55.7 Å². The van der Waals surface area contributed by atoms with Gasteiger partial charge in [0.05, 0.1) is 49.9 Å². The lowest BCUT2D eigenvalue weighted by atomic mass is 9.96. The van der Waals surface area contributed by atoms with Gasteiger partial charge in [0.25, 0.3) is 0 Å². The predicted octanol–water partition coefficient (Wildman–Crippen LogP) is 8.39. The van der Waals surface area contributed by atoms with Crippen LogP contribution in [0.3, 0.4) is 0 Å². The van der Waals surface area contributed by atoms with Crippen molar-refractivity contribution in [3.8, 4) is 34.0 Å². The van der Waals surface area contributed by atoms with Crippen LogP contribution in [-0.4, -0.2) is 144 Å². The maximum absolute atomic E-state index is 15.0. The second-order valence-corrected chi connectivity index (χ2v) is 20.8. The summed E-state index contributed by atoms with van der Waals surface area (Å²) in [4.78, 5) is 49.2. The molecule has 0 fully saturated rings. The van der Waals surface area contributed by atoms with Gasteiger partial charge in [-0.3, -0.25) is 14.5 Å². The maximum atomic E-state index is 15.0. The molecule has 0 bridgehead atoms. The minimum atomic E-state index is -0.787. The van der Waals surface area contributed by atoms with Crippen LogP contribution in [0.5, 0.6) is 11.5 Å². The summed E-state index contributed by atoms with van der Waals surface area (Å²) in [5, 5.41) is 11.4. The highest BCUT2D eigenvalue weighted by Gasteiger charge is 2.28. The number of aliphatic carboxylic acids is 1. The van der Waals surface area contributed by atoms with Crippen LogP contribution < -0.4 is 24.6 Å². The van der Waals surface area contributed by atoms with Crippen molar-refractivity contribution < 1.29 is 41.7 Å². The van der Waals surface area contributed by atoms with E-state index in [2.05, 4.69) is 60.5 Å². The Bertz CT molecular complexity index is 3110. The minimum Gasteiger partial charge on any atom is -0.486 e. The number of rotatable bonds is 12. The van der Waals surface area contributed by atoms with Gasteiger partial charge in [-0.25, -0.2) is 37.5 Å². The fourth-order valence-electron chi connectivity index (χ4n) is 9.92. The van der Waals surface area contributed by atoms with Crippen LogP contribution >= 0.6 is 12.4 Å². The van der Waals surface area contributed by atoms with Gasteiger partial charge in [0.1, 0.15) is 36.3 Å². The van der Waals surface area contributed by atoms with Crippen molar-refractivity contribution in [2.45, 2.75) is 78.6 Å². The van der Waals surface area contributed by atoms with Gasteiger partial charge in [0.2, 0.25) is 5.91 Å². The molecule has 0 atom stereocenters. The zero-order chi connectivity index (χ0) is 55.1. The number of aromatic nitrogens is 4. The molecular formula is C58H69ClF4N10O5. The number of amides is 1. The molecule has 2 aromatic heterocycles. The molecule has 0 radical (unpaired) electrons. The summed E-state index contributed by atoms with van der Waals surface area (Å²) >= 11 is 0. The molecule has 78 heavy (non-hydrogen) atoms. The molecule has 10 rings (SSSR count). The molecule has 416 valence electrons. The van der Waals surface area contributed by atoms with E-state index in [1.54, 1.807) is 31.1 Å². The molecule has 0 aliphatic carbocycles. The SMILES string of the molecule is CC(C)N1CCOc2c(F)cc(-c3nc(Cc4ccc5c(c4)CN(C(=O)CN(C)C)CC5)ncc3F)cc21.CC(C)N1CCOc2c(F)cc(-c3nc(Cc4ccc5c(c4)CNCC5)ncc3F)cc21.CN(C)CC(=O)O.Cl. The number of ether oxygens (including phenoxy) is 2. The summed E-state index contributed by atoms with van der Waals surface area (Å²) in [6.07, 6.45) is 5.02. The molecule has 2 N–H and O–H groups in total. The smallest absolute Gasteiger partial charge is 0.317 e. The molecule has 1 amide bonds. The number of carbonyl (C=O) groups excluding carboxylic acids is 1. The first-order valence-corrected chi connectivity index (χ1v) is 26.0. The number of carboxylic acids is 1. The molecule has 0 saturated heterocycles. The predicted molar refractivity (Wildman–Crippen MR) is 296 cm³/mol. The maximum Gasteiger partial charge on any atom is 0.317 e. The molecule has 0 spiro atoms. The van der Waals surface area contributed by atoms with E-state index in [0.29, 0.717) is 92.9 Å². The molecule has 4 aliphatic heterocycles. The number of benzene rings is 4. The number of hydrogen-bond donors (Lipinski definition) is 2. The van der Waals surface area contributed by atoms with Crippen molar-refractivity contribution in [2.24, 2.45) is 0 Å². The highest BCUT2D eigenvalue weighted by molar-refractivity contribution is 5.85. The van der Waals surface area contributed by atoms with Crippen LogP contribution in [-0.2, 0) is 48.4 Å². The summed E-state index contributed by atoms with van der Waals surface area (Å²) in [6.45, 7) is 13.8. The van der Waals surface area contributed by atoms with E-state index in [-0.39, 0.29) is 59.8 Å². The Morgan fingerprint density at radius 2 is 1.13 bits per heavy atom. The van der Waals surface area contributed by atoms with Crippen molar-refractivity contribution in [1.29, 1.82) is 0 Å². The first kappa shape index (κ1) is 58.7. The van der Waals surface area contributed by atoms with Crippen LogP contribution in [0.15, 0.2) is 73.1 Å². The van der Waals surface area contributed by atoms with E-state index >= 15 is 4.39 Å². The van der Waals surface area contributed by atoms with Crippen molar-refractivity contribution in [2.75, 3.05) is 90.5 Å². The van der Waals surface area contributed by atoms with Crippen LogP contribution in [0.25, 0.3) is 22.5 Å². The van der Waals surface area contributed by atoms with Crippen molar-refractivity contribution in [1.82, 2.24) is 40.0 Å². The lowest BCUT2D eigenvalue weighted by Crippen LogP contribution is -2.40. The fourth-order valence-corrected chi connectivity index (χ4v) is 9.92. The van der Waals surface area contributed by atoms with Crippen LogP contribution in [0, 0.1) is 23.3 Å². The third kappa shape index (κ3) is 14.4. The number of hydrogen-bond acceptors (Lipinski definition) is 13. The van der Waals surface area contributed by atoms with Crippen LogP contribution in [0.4, 0.5) is 28.9 Å². The second-order valence-electron chi connectivity index (χ2n) is 20.8. The normalized spacial score (nSPS) is 14.4. The van der Waals surface area contributed by atoms with Gasteiger partial charge in [-0.2, -0.15) is 0 Å². The van der Waals surface area contributed by atoms with Gasteiger partial charge in [-0.05, 0) is 133 Å². The molecule has 0 saturated carbocycles. The zero-order valence-corrected chi connectivity index (χ0v) is 46.3. The van der Waals surface area contributed by atoms with Crippen molar-refractivity contribution in [3.63, 3.8) is 0 Å². The number of nitrogens with zero attached hydrogens (tertiary/aromatic N) is 9. The Labute approximate surface area is 460 Å². The highest BCUT2D eigenvalue weighted by Crippen LogP contribution is 2.41. The monoisotopic (exact) mass is 1100 g/mol. The lowest BCUT2D eigenvalue weighted by molar-refractivity contribution is -0.137. The molecule has 6 heterocycles. The lowest BCUT2D eigenvalue weighted by Gasteiger charge is -2.34. The Morgan fingerprint density at radius 3 is 1.59 bits per heavy atom. The van der Waals surface area contributed by atoms with E-state index in [0.717, 1.165) is 48.8 Å². The van der Waals surface area contributed by atoms with Gasteiger partial charge in [-0.15, -0.1) is 12.4 Å². The quantitative estimate of drug-likeness (QED) is 0.113. The standard InChI is InChI=1S/C29H33F2N5O2.C25H26F2N4O.C4H9NO2.ClH/c1-18(2)36-9-10-38-29-23(30)13-21(14-25(29)36)28-24(31)15-32-26(33-28)12-19-5-6-20-7-8-35(16-22(20)11-19)27(37)17-34(3)4;1-15(2)31-7-8-32-25-20(26)11-18(12-22(25)31)24-21(27)14-29-23(30-24)10-16-3-4-17-5-6-28-13-19(17)9-16;1-5(2)3-4(6)7;/h5-6,11,13-15,18H,7-10,12,16-17H2,1-4H3;3-4,9,11-12,14-15,28H,5-8,10,13H2,1-2H3;3H2,1-2H3,(H,6,7);1H. The molecule has 0 unspecified atom stereocenters. The third-order valence-corrected chi connectivity index (χ3v) is 13.6. The van der Waals surface area contributed by atoms with E-state index in [9.17, 15) is 22.8 Å². The first-order chi connectivity index (χ1) is 36.8. The number of likely N-dealkylation sites (N-methyl/N-ethyl adjacent to an activating group) is 2.